The fourth-order valence-corrected chi connectivity index (χ4v) is 1.90. The number of nitrogens with zero attached hydrogens (tertiary/aromatic N) is 1. The van der Waals surface area contributed by atoms with Crippen LogP contribution in [-0.4, -0.2) is 17.9 Å². The largest absolute Gasteiger partial charge is 0.480 e. The number of hydrogen-bond acceptors (Lipinski definition) is 3. The van der Waals surface area contributed by atoms with Crippen molar-refractivity contribution in [3.05, 3.63) is 59.3 Å². The number of ketones is 1. The Labute approximate surface area is 113 Å². The van der Waals surface area contributed by atoms with Crippen LogP contribution in [0.15, 0.2) is 42.6 Å². The molecular formula is C16H17NO2. The lowest BCUT2D eigenvalue weighted by Gasteiger charge is -2.08. The smallest absolute Gasteiger partial charge is 0.224 e. The van der Waals surface area contributed by atoms with Gasteiger partial charge in [-0.2, -0.15) is 0 Å². The number of carbonyl (C=O) groups is 1. The number of ether oxygens (including phenoxy) is 1. The minimum atomic E-state index is -0.0692. The van der Waals surface area contributed by atoms with E-state index in [0.29, 0.717) is 22.9 Å². The van der Waals surface area contributed by atoms with Crippen LogP contribution in [0.4, 0.5) is 0 Å². The van der Waals surface area contributed by atoms with E-state index in [0.717, 1.165) is 0 Å². The van der Waals surface area contributed by atoms with Gasteiger partial charge in [-0.1, -0.05) is 38.1 Å². The summed E-state index contributed by atoms with van der Waals surface area (Å²) in [6.07, 6.45) is 1.61. The SMILES string of the molecule is COc1ncccc1C(=O)c1ccc(C(C)C)cc1. The minimum Gasteiger partial charge on any atom is -0.480 e. The maximum absolute atomic E-state index is 12.4. The number of methoxy groups -OCH3 is 1. The summed E-state index contributed by atoms with van der Waals surface area (Å²) in [6, 6.07) is 11.1. The monoisotopic (exact) mass is 255 g/mol. The number of aromatic nitrogens is 1. The van der Waals surface area contributed by atoms with Crippen LogP contribution in [0.2, 0.25) is 0 Å². The van der Waals surface area contributed by atoms with Gasteiger partial charge < -0.3 is 4.74 Å². The van der Waals surface area contributed by atoms with E-state index in [1.165, 1.54) is 12.7 Å². The van der Waals surface area contributed by atoms with Crippen LogP contribution in [0.1, 0.15) is 41.3 Å². The van der Waals surface area contributed by atoms with Crippen molar-refractivity contribution in [1.29, 1.82) is 0 Å². The first-order valence-electron chi connectivity index (χ1n) is 6.27. The number of rotatable bonds is 4. The highest BCUT2D eigenvalue weighted by Crippen LogP contribution is 2.20. The number of hydrogen-bond donors (Lipinski definition) is 0. The summed E-state index contributed by atoms with van der Waals surface area (Å²) in [5, 5.41) is 0. The number of benzene rings is 1. The Kier molecular flexibility index (Phi) is 3.95. The molecule has 0 fully saturated rings. The summed E-state index contributed by atoms with van der Waals surface area (Å²) in [4.78, 5) is 16.4. The molecule has 0 radical (unpaired) electrons. The fraction of sp³-hybridized carbons (Fsp3) is 0.250. The van der Waals surface area contributed by atoms with Crippen LogP contribution in [0.3, 0.4) is 0 Å². The first kappa shape index (κ1) is 13.3. The van der Waals surface area contributed by atoms with Gasteiger partial charge in [0.05, 0.1) is 12.7 Å². The summed E-state index contributed by atoms with van der Waals surface area (Å²) >= 11 is 0. The van der Waals surface area contributed by atoms with Crippen molar-refractivity contribution in [2.45, 2.75) is 19.8 Å². The van der Waals surface area contributed by atoms with Crippen LogP contribution < -0.4 is 4.74 Å². The maximum atomic E-state index is 12.4. The van der Waals surface area contributed by atoms with Gasteiger partial charge in [0.1, 0.15) is 0 Å². The highest BCUT2D eigenvalue weighted by Gasteiger charge is 2.15. The zero-order valence-corrected chi connectivity index (χ0v) is 11.4. The second-order valence-corrected chi connectivity index (χ2v) is 4.67. The van der Waals surface area contributed by atoms with Gasteiger partial charge in [-0.05, 0) is 23.6 Å². The molecule has 0 saturated carbocycles. The van der Waals surface area contributed by atoms with Crippen molar-refractivity contribution >= 4 is 5.78 Å². The molecule has 0 atom stereocenters. The molecule has 0 N–H and O–H groups in total. The van der Waals surface area contributed by atoms with Crippen molar-refractivity contribution in [2.75, 3.05) is 7.11 Å². The molecule has 2 aromatic rings. The van der Waals surface area contributed by atoms with Gasteiger partial charge in [0.15, 0.2) is 5.78 Å². The Balaban J connectivity index is 2.33. The Morgan fingerprint density at radius 2 is 1.84 bits per heavy atom. The van der Waals surface area contributed by atoms with Crippen LogP contribution in [0.5, 0.6) is 5.88 Å². The molecule has 0 unspecified atom stereocenters. The standard InChI is InChI=1S/C16H17NO2/c1-11(2)12-6-8-13(9-7-12)15(18)14-5-4-10-17-16(14)19-3/h4-11H,1-3H3. The molecule has 0 saturated heterocycles. The molecular weight excluding hydrogens is 238 g/mol. The third-order valence-electron chi connectivity index (χ3n) is 3.05. The Morgan fingerprint density at radius 1 is 1.16 bits per heavy atom. The Hall–Kier alpha value is -2.16. The molecule has 98 valence electrons. The number of carbonyl (C=O) groups excluding carboxylic acids is 1. The van der Waals surface area contributed by atoms with E-state index in [-0.39, 0.29) is 5.78 Å². The summed E-state index contributed by atoms with van der Waals surface area (Å²) in [5.41, 5.74) is 2.35. The highest BCUT2D eigenvalue weighted by molar-refractivity contribution is 6.10. The average molecular weight is 255 g/mol. The molecule has 0 aliphatic carbocycles. The van der Waals surface area contributed by atoms with Crippen molar-refractivity contribution in [2.24, 2.45) is 0 Å². The van der Waals surface area contributed by atoms with Gasteiger partial charge in [0.25, 0.3) is 0 Å². The first-order chi connectivity index (χ1) is 9.13. The summed E-state index contributed by atoms with van der Waals surface area (Å²) in [5.74, 6) is 0.748. The van der Waals surface area contributed by atoms with E-state index in [2.05, 4.69) is 18.8 Å². The Morgan fingerprint density at radius 3 is 2.42 bits per heavy atom. The molecule has 0 aliphatic heterocycles. The lowest BCUT2D eigenvalue weighted by Crippen LogP contribution is -2.05. The summed E-state index contributed by atoms with van der Waals surface area (Å²) in [6.45, 7) is 4.25. The third-order valence-corrected chi connectivity index (χ3v) is 3.05. The fourth-order valence-electron chi connectivity index (χ4n) is 1.90. The van der Waals surface area contributed by atoms with Gasteiger partial charge >= 0.3 is 0 Å². The quantitative estimate of drug-likeness (QED) is 0.785. The summed E-state index contributed by atoms with van der Waals surface area (Å²) < 4.78 is 5.12. The van der Waals surface area contributed by atoms with Gasteiger partial charge in [-0.25, -0.2) is 4.98 Å². The van der Waals surface area contributed by atoms with Crippen molar-refractivity contribution < 1.29 is 9.53 Å². The normalized spacial score (nSPS) is 10.5. The second kappa shape index (κ2) is 5.65. The van der Waals surface area contributed by atoms with Gasteiger partial charge in [0.2, 0.25) is 5.88 Å². The summed E-state index contributed by atoms with van der Waals surface area (Å²) in [7, 11) is 1.51. The molecule has 0 bridgehead atoms. The lowest BCUT2D eigenvalue weighted by atomic mass is 9.98. The number of pyridine rings is 1. The Bertz CT molecular complexity index is 574. The van der Waals surface area contributed by atoms with Gasteiger partial charge in [-0.15, -0.1) is 0 Å². The van der Waals surface area contributed by atoms with Gasteiger partial charge in [-0.3, -0.25) is 4.79 Å². The maximum Gasteiger partial charge on any atom is 0.224 e. The third kappa shape index (κ3) is 2.81. The molecule has 2 rings (SSSR count). The van der Waals surface area contributed by atoms with Crippen molar-refractivity contribution in [3.8, 4) is 5.88 Å². The highest BCUT2D eigenvalue weighted by atomic mass is 16.5. The van der Waals surface area contributed by atoms with E-state index in [1.54, 1.807) is 18.3 Å². The zero-order valence-electron chi connectivity index (χ0n) is 11.4. The molecule has 0 amide bonds. The molecule has 1 aromatic heterocycles. The predicted molar refractivity (Wildman–Crippen MR) is 74.8 cm³/mol. The van der Waals surface area contributed by atoms with Crippen LogP contribution in [-0.2, 0) is 0 Å². The zero-order chi connectivity index (χ0) is 13.8. The molecule has 0 aliphatic rings. The minimum absolute atomic E-state index is 0.0692. The van der Waals surface area contributed by atoms with Crippen molar-refractivity contribution in [3.63, 3.8) is 0 Å². The van der Waals surface area contributed by atoms with E-state index < -0.39 is 0 Å². The molecule has 0 spiro atoms. The molecule has 3 heteroatoms. The lowest BCUT2D eigenvalue weighted by molar-refractivity contribution is 0.103. The van der Waals surface area contributed by atoms with E-state index in [9.17, 15) is 4.79 Å². The topological polar surface area (TPSA) is 39.2 Å². The predicted octanol–water partition coefficient (Wildman–Crippen LogP) is 3.44. The molecule has 3 nitrogen and oxygen atoms in total. The second-order valence-electron chi connectivity index (χ2n) is 4.67. The van der Waals surface area contributed by atoms with Crippen LogP contribution >= 0.6 is 0 Å². The van der Waals surface area contributed by atoms with E-state index >= 15 is 0 Å². The molecule has 19 heavy (non-hydrogen) atoms. The average Bonchev–Trinajstić information content (AvgIpc) is 2.46. The van der Waals surface area contributed by atoms with Crippen molar-refractivity contribution in [1.82, 2.24) is 4.98 Å². The first-order valence-corrected chi connectivity index (χ1v) is 6.27. The molecule has 1 heterocycles. The molecule has 1 aromatic carbocycles. The van der Waals surface area contributed by atoms with Crippen LogP contribution in [0, 0.1) is 0 Å². The van der Waals surface area contributed by atoms with Crippen LogP contribution in [0.25, 0.3) is 0 Å². The van der Waals surface area contributed by atoms with E-state index in [4.69, 9.17) is 4.74 Å². The van der Waals surface area contributed by atoms with Gasteiger partial charge in [0, 0.05) is 11.8 Å². The van der Waals surface area contributed by atoms with E-state index in [1.807, 2.05) is 24.3 Å².